The van der Waals surface area contributed by atoms with Gasteiger partial charge in [0.1, 0.15) is 34.7 Å². The maximum absolute atomic E-state index is 14.7. The highest BCUT2D eigenvalue weighted by molar-refractivity contribution is 5.73. The van der Waals surface area contributed by atoms with E-state index in [-0.39, 0.29) is 12.3 Å². The molecule has 7 heteroatoms. The Balaban J connectivity index is 2.63. The van der Waals surface area contributed by atoms with Gasteiger partial charge in [0.2, 0.25) is 0 Å². The van der Waals surface area contributed by atoms with Crippen LogP contribution >= 0.6 is 0 Å². The molecule has 2 aromatic carbocycles. The summed E-state index contributed by atoms with van der Waals surface area (Å²) in [6.45, 7) is 1.93. The van der Waals surface area contributed by atoms with Crippen molar-refractivity contribution in [3.63, 3.8) is 0 Å². The van der Waals surface area contributed by atoms with Crippen LogP contribution in [0, 0.1) is 34.3 Å². The molecule has 1 N–H and O–H groups in total. The summed E-state index contributed by atoms with van der Waals surface area (Å²) in [6, 6.07) is 9.59. The highest BCUT2D eigenvalue weighted by Crippen LogP contribution is 2.38. The summed E-state index contributed by atoms with van der Waals surface area (Å²) in [4.78, 5) is 0. The van der Waals surface area contributed by atoms with Gasteiger partial charge in [-0.15, -0.1) is 0 Å². The van der Waals surface area contributed by atoms with Crippen LogP contribution < -0.4 is 14.8 Å². The van der Waals surface area contributed by atoms with Gasteiger partial charge in [0.15, 0.2) is 17.4 Å². The number of ether oxygens (including phenoxy) is 2. The van der Waals surface area contributed by atoms with Gasteiger partial charge < -0.3 is 14.8 Å². The predicted octanol–water partition coefficient (Wildman–Crippen LogP) is 4.25. The molecule has 0 aliphatic heterocycles. The Morgan fingerprint density at radius 2 is 1.80 bits per heavy atom. The van der Waals surface area contributed by atoms with Crippen LogP contribution in [0.15, 0.2) is 24.3 Å². The molecular weight excluding hydrogens is 328 g/mol. The summed E-state index contributed by atoms with van der Waals surface area (Å²) in [6.07, 6.45) is 0.557. The zero-order chi connectivity index (χ0) is 18.4. The van der Waals surface area contributed by atoms with Gasteiger partial charge >= 0.3 is 0 Å². The third-order valence-corrected chi connectivity index (χ3v) is 3.35. The lowest BCUT2D eigenvalue weighted by molar-refractivity contribution is 0.301. The molecule has 0 fully saturated rings. The van der Waals surface area contributed by atoms with Gasteiger partial charge in [-0.25, -0.2) is 8.78 Å². The van der Waals surface area contributed by atoms with E-state index in [2.05, 4.69) is 5.32 Å². The number of hydrogen-bond donors (Lipinski definition) is 1. The normalized spacial score (nSPS) is 9.84. The molecule has 0 unspecified atom stereocenters. The van der Waals surface area contributed by atoms with Gasteiger partial charge in [-0.05, 0) is 18.6 Å². The Kier molecular flexibility index (Phi) is 5.75. The first kappa shape index (κ1) is 18.0. The van der Waals surface area contributed by atoms with E-state index in [0.717, 1.165) is 0 Å². The van der Waals surface area contributed by atoms with Crippen LogP contribution in [-0.2, 0) is 0 Å². The van der Waals surface area contributed by atoms with Gasteiger partial charge in [-0.1, -0.05) is 13.0 Å². The fraction of sp³-hybridized carbons (Fsp3) is 0.222. The minimum absolute atomic E-state index is 0.125. The zero-order valence-corrected chi connectivity index (χ0v) is 13.7. The van der Waals surface area contributed by atoms with Crippen molar-refractivity contribution >= 4 is 11.4 Å². The van der Waals surface area contributed by atoms with Crippen LogP contribution in [0.5, 0.6) is 11.5 Å². The molecule has 0 saturated heterocycles. The molecule has 2 rings (SSSR count). The Labute approximate surface area is 144 Å². The molecule has 0 aromatic heterocycles. The van der Waals surface area contributed by atoms with E-state index >= 15 is 0 Å². The van der Waals surface area contributed by atoms with Crippen LogP contribution in [0.3, 0.4) is 0 Å². The molecular formula is C18H15F2N3O2. The maximum atomic E-state index is 14.7. The number of methoxy groups -OCH3 is 1. The van der Waals surface area contributed by atoms with Gasteiger partial charge in [-0.3, -0.25) is 0 Å². The Morgan fingerprint density at radius 3 is 2.40 bits per heavy atom. The third kappa shape index (κ3) is 3.61. The van der Waals surface area contributed by atoms with Crippen molar-refractivity contribution < 1.29 is 18.3 Å². The minimum atomic E-state index is -1.07. The Bertz CT molecular complexity index is 870. The molecule has 0 aliphatic rings. The number of benzene rings is 2. The summed E-state index contributed by atoms with van der Waals surface area (Å²) in [5, 5.41) is 20.9. The number of nitriles is 2. The monoisotopic (exact) mass is 343 g/mol. The highest BCUT2D eigenvalue weighted by atomic mass is 19.1. The average Bonchev–Trinajstić information content (AvgIpc) is 2.63. The second-order valence-electron chi connectivity index (χ2n) is 5.01. The van der Waals surface area contributed by atoms with E-state index < -0.39 is 28.5 Å². The van der Waals surface area contributed by atoms with E-state index in [1.807, 2.05) is 0 Å². The standard InChI is InChI=1S/C18H15F2N3O2/c1-3-7-25-18-16(20)14(10-22)13(9-21)15(19)17(18)23-11-5-4-6-12(8-11)24-2/h4-6,8,23H,3,7H2,1-2H3. The fourth-order valence-corrected chi connectivity index (χ4v) is 2.17. The lowest BCUT2D eigenvalue weighted by Gasteiger charge is -2.17. The van der Waals surface area contributed by atoms with Crippen LogP contribution in [-0.4, -0.2) is 13.7 Å². The largest absolute Gasteiger partial charge is 0.497 e. The summed E-state index contributed by atoms with van der Waals surface area (Å²) >= 11 is 0. The number of halogens is 2. The SMILES string of the molecule is CCCOc1c(F)c(C#N)c(C#N)c(F)c1Nc1cccc(OC)c1. The van der Waals surface area contributed by atoms with E-state index in [9.17, 15) is 8.78 Å². The summed E-state index contributed by atoms with van der Waals surface area (Å²) in [7, 11) is 1.48. The second-order valence-corrected chi connectivity index (χ2v) is 5.01. The number of anilines is 2. The average molecular weight is 343 g/mol. The molecule has 0 radical (unpaired) electrons. The number of rotatable bonds is 6. The number of hydrogen-bond acceptors (Lipinski definition) is 5. The summed E-state index contributed by atoms with van der Waals surface area (Å²) in [5.41, 5.74) is -1.28. The molecule has 0 heterocycles. The molecule has 25 heavy (non-hydrogen) atoms. The van der Waals surface area contributed by atoms with Crippen molar-refractivity contribution in [2.24, 2.45) is 0 Å². The molecule has 0 amide bonds. The van der Waals surface area contributed by atoms with Gasteiger partial charge in [0, 0.05) is 11.8 Å². The van der Waals surface area contributed by atoms with E-state index in [4.69, 9.17) is 20.0 Å². The van der Waals surface area contributed by atoms with Crippen LogP contribution in [0.1, 0.15) is 24.5 Å². The lowest BCUT2D eigenvalue weighted by Crippen LogP contribution is -2.08. The highest BCUT2D eigenvalue weighted by Gasteiger charge is 2.26. The molecule has 0 spiro atoms. The van der Waals surface area contributed by atoms with Crippen molar-refractivity contribution in [2.45, 2.75) is 13.3 Å². The van der Waals surface area contributed by atoms with Crippen LogP contribution in [0.4, 0.5) is 20.2 Å². The van der Waals surface area contributed by atoms with Crippen LogP contribution in [0.25, 0.3) is 0 Å². The van der Waals surface area contributed by atoms with E-state index in [0.29, 0.717) is 17.9 Å². The molecule has 0 atom stereocenters. The number of nitrogens with zero attached hydrogens (tertiary/aromatic N) is 2. The Morgan fingerprint density at radius 1 is 1.12 bits per heavy atom. The fourth-order valence-electron chi connectivity index (χ4n) is 2.17. The van der Waals surface area contributed by atoms with Gasteiger partial charge in [0.25, 0.3) is 0 Å². The third-order valence-electron chi connectivity index (χ3n) is 3.35. The van der Waals surface area contributed by atoms with E-state index in [1.165, 1.54) is 19.2 Å². The zero-order valence-electron chi connectivity index (χ0n) is 13.7. The topological polar surface area (TPSA) is 78.1 Å². The first-order valence-corrected chi connectivity index (χ1v) is 7.46. The minimum Gasteiger partial charge on any atom is -0.497 e. The molecule has 2 aromatic rings. The molecule has 0 aliphatic carbocycles. The summed E-state index contributed by atoms with van der Waals surface area (Å²) < 4.78 is 39.7. The molecule has 0 saturated carbocycles. The molecule has 128 valence electrons. The van der Waals surface area contributed by atoms with Crippen molar-refractivity contribution in [1.82, 2.24) is 0 Å². The predicted molar refractivity (Wildman–Crippen MR) is 87.9 cm³/mol. The summed E-state index contributed by atoms with van der Waals surface area (Å²) in [5.74, 6) is -2.04. The Hall–Kier alpha value is -3.32. The molecule has 0 bridgehead atoms. The number of nitrogens with one attached hydrogen (secondary N) is 1. The molecule has 5 nitrogen and oxygen atoms in total. The van der Waals surface area contributed by atoms with Crippen molar-refractivity contribution in [1.29, 1.82) is 10.5 Å². The van der Waals surface area contributed by atoms with Crippen molar-refractivity contribution in [2.75, 3.05) is 19.0 Å². The van der Waals surface area contributed by atoms with Crippen molar-refractivity contribution in [3.8, 4) is 23.6 Å². The van der Waals surface area contributed by atoms with Gasteiger partial charge in [0.05, 0.1) is 13.7 Å². The first-order valence-electron chi connectivity index (χ1n) is 7.46. The van der Waals surface area contributed by atoms with Crippen LogP contribution in [0.2, 0.25) is 0 Å². The van der Waals surface area contributed by atoms with Crippen molar-refractivity contribution in [3.05, 3.63) is 47.0 Å². The quantitative estimate of drug-likeness (QED) is 0.848. The second kappa shape index (κ2) is 7.98. The van der Waals surface area contributed by atoms with E-state index in [1.54, 1.807) is 31.2 Å². The smallest absolute Gasteiger partial charge is 0.186 e. The lowest BCUT2D eigenvalue weighted by atomic mass is 10.1. The maximum Gasteiger partial charge on any atom is 0.186 e. The first-order chi connectivity index (χ1) is 12.1. The van der Waals surface area contributed by atoms with Gasteiger partial charge in [-0.2, -0.15) is 10.5 Å².